The SMILES string of the molecule is CC(C)(C)C(NC(=O)C(F)(F)F)C(=O)N1CC2C3C=CC(C3)C2C1C(=O)NC(C#N)CC1OCCCNC1=O. The molecule has 1 saturated carbocycles. The van der Waals surface area contributed by atoms with Gasteiger partial charge >= 0.3 is 12.1 Å². The summed E-state index contributed by atoms with van der Waals surface area (Å²) in [5.74, 6) is -4.24. The molecule has 8 atom stereocenters. The van der Waals surface area contributed by atoms with Gasteiger partial charge in [0.15, 0.2) is 0 Å². The Morgan fingerprint density at radius 2 is 1.90 bits per heavy atom. The van der Waals surface area contributed by atoms with E-state index in [1.807, 2.05) is 23.5 Å². The Hall–Kier alpha value is -3.14. The second-order valence-corrected chi connectivity index (χ2v) is 11.8. The van der Waals surface area contributed by atoms with Crippen LogP contribution in [0.4, 0.5) is 13.2 Å². The fourth-order valence-electron chi connectivity index (χ4n) is 6.30. The Labute approximate surface area is 224 Å². The minimum absolute atomic E-state index is 0.00269. The molecule has 4 rings (SSSR count). The summed E-state index contributed by atoms with van der Waals surface area (Å²) in [6.07, 6.45) is -0.742. The van der Waals surface area contributed by atoms with Gasteiger partial charge in [-0.25, -0.2) is 0 Å². The number of ether oxygens (including phenoxy) is 1. The number of hydrogen-bond donors (Lipinski definition) is 3. The van der Waals surface area contributed by atoms with Gasteiger partial charge in [0.2, 0.25) is 17.7 Å². The summed E-state index contributed by atoms with van der Waals surface area (Å²) < 4.78 is 44.8. The van der Waals surface area contributed by atoms with Crippen molar-refractivity contribution < 1.29 is 37.1 Å². The normalized spacial score (nSPS) is 31.5. The summed E-state index contributed by atoms with van der Waals surface area (Å²) in [5.41, 5.74) is -1.09. The highest BCUT2D eigenvalue weighted by atomic mass is 19.4. The molecule has 8 unspecified atom stereocenters. The average Bonchev–Trinajstić information content (AvgIpc) is 3.52. The summed E-state index contributed by atoms with van der Waals surface area (Å²) in [5, 5.41) is 16.9. The quantitative estimate of drug-likeness (QED) is 0.420. The number of halogens is 3. The Balaban J connectivity index is 1.57. The van der Waals surface area contributed by atoms with Gasteiger partial charge in [-0.1, -0.05) is 32.9 Å². The first-order chi connectivity index (χ1) is 18.2. The number of nitrogens with one attached hydrogen (secondary N) is 3. The van der Waals surface area contributed by atoms with E-state index in [2.05, 4.69) is 10.6 Å². The van der Waals surface area contributed by atoms with Crippen molar-refractivity contribution in [2.45, 2.75) is 70.4 Å². The van der Waals surface area contributed by atoms with Crippen molar-refractivity contribution in [2.24, 2.45) is 29.1 Å². The number of nitriles is 1. The van der Waals surface area contributed by atoms with E-state index in [0.717, 1.165) is 6.42 Å². The molecule has 0 aromatic heterocycles. The molecule has 2 heterocycles. The number of likely N-dealkylation sites (tertiary alicyclic amines) is 1. The Morgan fingerprint density at radius 1 is 1.21 bits per heavy atom. The lowest BCUT2D eigenvalue weighted by atomic mass is 9.81. The van der Waals surface area contributed by atoms with Gasteiger partial charge in [-0.05, 0) is 41.9 Å². The third-order valence-corrected chi connectivity index (χ3v) is 8.15. The first kappa shape index (κ1) is 28.9. The van der Waals surface area contributed by atoms with E-state index in [0.29, 0.717) is 19.6 Å². The monoisotopic (exact) mass is 553 g/mol. The maximum absolute atomic E-state index is 13.8. The highest BCUT2D eigenvalue weighted by molar-refractivity contribution is 5.94. The number of rotatable bonds is 6. The zero-order valence-corrected chi connectivity index (χ0v) is 22.1. The van der Waals surface area contributed by atoms with Gasteiger partial charge in [0.05, 0.1) is 6.07 Å². The predicted molar refractivity (Wildman–Crippen MR) is 130 cm³/mol. The number of carbonyl (C=O) groups excluding carboxylic acids is 4. The lowest BCUT2D eigenvalue weighted by Crippen LogP contribution is -2.60. The molecule has 4 aliphatic rings. The van der Waals surface area contributed by atoms with Crippen LogP contribution in [-0.2, 0) is 23.9 Å². The standard InChI is InChI=1S/C26H34F3N5O5/c1-25(2,3)20(33-24(38)26(27,28)29)23(37)34-12-16-13-5-6-14(9-13)18(16)19(34)22(36)32-15(11-30)10-17-21(35)31-7-4-8-39-17/h5-6,13-20H,4,7-10,12H2,1-3H3,(H,31,35)(H,32,36)(H,33,38). The molecule has 39 heavy (non-hydrogen) atoms. The number of allylic oxidation sites excluding steroid dienone is 2. The number of hydrogen-bond acceptors (Lipinski definition) is 6. The van der Waals surface area contributed by atoms with Crippen LogP contribution in [0.1, 0.15) is 40.0 Å². The van der Waals surface area contributed by atoms with E-state index in [4.69, 9.17) is 4.74 Å². The van der Waals surface area contributed by atoms with Crippen molar-refractivity contribution in [2.75, 3.05) is 19.7 Å². The molecule has 4 amide bonds. The van der Waals surface area contributed by atoms with Crippen LogP contribution in [-0.4, -0.2) is 78.6 Å². The van der Waals surface area contributed by atoms with Crippen molar-refractivity contribution in [3.63, 3.8) is 0 Å². The van der Waals surface area contributed by atoms with Gasteiger partial charge in [-0.2, -0.15) is 18.4 Å². The largest absolute Gasteiger partial charge is 0.471 e. The van der Waals surface area contributed by atoms with E-state index in [1.54, 1.807) is 0 Å². The molecule has 3 fully saturated rings. The summed E-state index contributed by atoms with van der Waals surface area (Å²) in [6.45, 7) is 5.51. The maximum atomic E-state index is 13.8. The second-order valence-electron chi connectivity index (χ2n) is 11.8. The van der Waals surface area contributed by atoms with Crippen LogP contribution in [0.5, 0.6) is 0 Å². The molecule has 214 valence electrons. The maximum Gasteiger partial charge on any atom is 0.471 e. The molecule has 0 aromatic rings. The molecule has 10 nitrogen and oxygen atoms in total. The van der Waals surface area contributed by atoms with Gasteiger partial charge in [-0.15, -0.1) is 0 Å². The van der Waals surface area contributed by atoms with Gasteiger partial charge < -0.3 is 25.6 Å². The summed E-state index contributed by atoms with van der Waals surface area (Å²) >= 11 is 0. The average molecular weight is 554 g/mol. The van der Waals surface area contributed by atoms with Gasteiger partial charge in [0.1, 0.15) is 24.2 Å². The summed E-state index contributed by atoms with van der Waals surface area (Å²) in [7, 11) is 0. The minimum Gasteiger partial charge on any atom is -0.368 e. The molecular formula is C26H34F3N5O5. The molecule has 2 saturated heterocycles. The van der Waals surface area contributed by atoms with Crippen molar-refractivity contribution in [1.29, 1.82) is 5.26 Å². The molecule has 2 aliphatic heterocycles. The van der Waals surface area contributed by atoms with Crippen LogP contribution in [0.2, 0.25) is 0 Å². The van der Waals surface area contributed by atoms with E-state index in [-0.39, 0.29) is 42.5 Å². The van der Waals surface area contributed by atoms with Gasteiger partial charge in [0, 0.05) is 26.1 Å². The van der Waals surface area contributed by atoms with E-state index >= 15 is 0 Å². The van der Waals surface area contributed by atoms with Crippen LogP contribution >= 0.6 is 0 Å². The van der Waals surface area contributed by atoms with Crippen molar-refractivity contribution in [3.8, 4) is 6.07 Å². The zero-order chi connectivity index (χ0) is 28.7. The van der Waals surface area contributed by atoms with Crippen LogP contribution in [0.15, 0.2) is 12.2 Å². The second kappa shape index (κ2) is 10.8. The molecule has 0 radical (unpaired) electrons. The molecule has 0 spiro atoms. The van der Waals surface area contributed by atoms with E-state index in [1.165, 1.54) is 25.7 Å². The lowest BCUT2D eigenvalue weighted by molar-refractivity contribution is -0.176. The van der Waals surface area contributed by atoms with Gasteiger partial charge in [0.25, 0.3) is 0 Å². The van der Waals surface area contributed by atoms with Crippen LogP contribution in [0, 0.1) is 40.4 Å². The zero-order valence-electron chi connectivity index (χ0n) is 22.1. The molecular weight excluding hydrogens is 519 g/mol. The molecule has 3 N–H and O–H groups in total. The molecule has 2 bridgehead atoms. The smallest absolute Gasteiger partial charge is 0.368 e. The van der Waals surface area contributed by atoms with Crippen molar-refractivity contribution >= 4 is 23.6 Å². The fourth-order valence-corrected chi connectivity index (χ4v) is 6.30. The van der Waals surface area contributed by atoms with Crippen LogP contribution in [0.25, 0.3) is 0 Å². The number of carbonyl (C=O) groups is 4. The van der Waals surface area contributed by atoms with Gasteiger partial charge in [-0.3, -0.25) is 19.2 Å². The summed E-state index contributed by atoms with van der Waals surface area (Å²) in [4.78, 5) is 52.9. The third-order valence-electron chi connectivity index (χ3n) is 8.15. The van der Waals surface area contributed by atoms with E-state index < -0.39 is 53.5 Å². The van der Waals surface area contributed by atoms with Crippen molar-refractivity contribution in [3.05, 3.63) is 12.2 Å². The third kappa shape index (κ3) is 5.90. The first-order valence-corrected chi connectivity index (χ1v) is 13.2. The minimum atomic E-state index is -5.18. The fraction of sp³-hybridized carbons (Fsp3) is 0.731. The number of fused-ring (bicyclic) bond motifs is 5. The Kier molecular flexibility index (Phi) is 7.98. The Morgan fingerprint density at radius 3 is 2.54 bits per heavy atom. The topological polar surface area (TPSA) is 141 Å². The highest BCUT2D eigenvalue weighted by Crippen LogP contribution is 2.54. The van der Waals surface area contributed by atoms with Crippen LogP contribution < -0.4 is 16.0 Å². The number of nitrogens with zero attached hydrogens (tertiary/aromatic N) is 2. The molecule has 0 aromatic carbocycles. The van der Waals surface area contributed by atoms with E-state index in [9.17, 15) is 37.6 Å². The van der Waals surface area contributed by atoms with Crippen LogP contribution in [0.3, 0.4) is 0 Å². The number of alkyl halides is 3. The van der Waals surface area contributed by atoms with Crippen molar-refractivity contribution in [1.82, 2.24) is 20.9 Å². The lowest BCUT2D eigenvalue weighted by Gasteiger charge is -2.37. The predicted octanol–water partition coefficient (Wildman–Crippen LogP) is 1.03. The molecule has 13 heteroatoms. The summed E-state index contributed by atoms with van der Waals surface area (Å²) in [6, 6.07) is -1.70. The number of amides is 4. The Bertz CT molecular complexity index is 1080. The highest BCUT2D eigenvalue weighted by Gasteiger charge is 2.59. The first-order valence-electron chi connectivity index (χ1n) is 13.2. The molecule has 2 aliphatic carbocycles.